The second-order valence-corrected chi connectivity index (χ2v) is 7.87. The number of morpholine rings is 1. The molecule has 3 N–H and O–H groups in total. The monoisotopic (exact) mass is 416 g/mol. The molecule has 3 aromatic rings. The van der Waals surface area contributed by atoms with Crippen LogP contribution in [0.3, 0.4) is 0 Å². The summed E-state index contributed by atoms with van der Waals surface area (Å²) in [6, 6.07) is 11.8. The Kier molecular flexibility index (Phi) is 6.27. The van der Waals surface area contributed by atoms with Crippen LogP contribution in [0.25, 0.3) is 21.0 Å². The van der Waals surface area contributed by atoms with Crippen molar-refractivity contribution in [2.24, 2.45) is 5.10 Å². The van der Waals surface area contributed by atoms with E-state index in [-0.39, 0.29) is 0 Å². The van der Waals surface area contributed by atoms with Crippen molar-refractivity contribution in [1.82, 2.24) is 15.7 Å². The van der Waals surface area contributed by atoms with Gasteiger partial charge in [0.2, 0.25) is 0 Å². The Morgan fingerprint density at radius 1 is 1.25 bits per heavy atom. The number of hydrogen-bond acceptors (Lipinski definition) is 6. The molecule has 9 heteroatoms. The maximum absolute atomic E-state index is 5.82. The zero-order valence-electron chi connectivity index (χ0n) is 15.3. The van der Waals surface area contributed by atoms with Crippen molar-refractivity contribution in [3.63, 3.8) is 0 Å². The number of aromatic nitrogens is 1. The highest BCUT2D eigenvalue weighted by Crippen LogP contribution is 2.30. The predicted octanol–water partition coefficient (Wildman–Crippen LogP) is 1.27. The summed E-state index contributed by atoms with van der Waals surface area (Å²) in [4.78, 5) is 6.13. The number of benzene rings is 1. The summed E-state index contributed by atoms with van der Waals surface area (Å²) in [6.45, 7) is 5.60. The van der Waals surface area contributed by atoms with Crippen LogP contribution in [-0.4, -0.2) is 55.7 Å². The van der Waals surface area contributed by atoms with E-state index in [1.807, 2.05) is 30.3 Å². The molecule has 0 atom stereocenters. The van der Waals surface area contributed by atoms with Crippen LogP contribution in [0.2, 0.25) is 0 Å². The number of hydrogen-bond donors (Lipinski definition) is 3. The lowest BCUT2D eigenvalue weighted by Crippen LogP contribution is -3.14. The molecule has 1 aliphatic heterocycles. The Balaban J connectivity index is 1.25. The topological polar surface area (TPSA) is 76.1 Å². The third-order valence-corrected chi connectivity index (χ3v) is 5.74. The van der Waals surface area contributed by atoms with E-state index in [1.54, 1.807) is 17.6 Å². The molecule has 28 heavy (non-hydrogen) atoms. The molecule has 3 heterocycles. The number of quaternary nitrogens is 1. The molecular weight excluding hydrogens is 394 g/mol. The summed E-state index contributed by atoms with van der Waals surface area (Å²) < 4.78 is 12.3. The number of fused-ring (bicyclic) bond motifs is 1. The number of thiazole rings is 1. The summed E-state index contributed by atoms with van der Waals surface area (Å²) in [6.07, 6.45) is 1.61. The van der Waals surface area contributed by atoms with Gasteiger partial charge in [-0.2, -0.15) is 5.10 Å². The van der Waals surface area contributed by atoms with Gasteiger partial charge in [0.25, 0.3) is 0 Å². The van der Waals surface area contributed by atoms with Gasteiger partial charge in [0.05, 0.1) is 42.7 Å². The second kappa shape index (κ2) is 9.24. The Bertz CT molecular complexity index is 929. The third-order valence-electron chi connectivity index (χ3n) is 4.45. The van der Waals surface area contributed by atoms with Crippen molar-refractivity contribution < 1.29 is 14.1 Å². The quantitative estimate of drug-likeness (QED) is 0.319. The number of furan rings is 1. The van der Waals surface area contributed by atoms with Gasteiger partial charge < -0.3 is 19.4 Å². The molecule has 0 spiro atoms. The third kappa shape index (κ3) is 4.93. The van der Waals surface area contributed by atoms with Crippen LogP contribution in [-0.2, 0) is 4.74 Å². The second-order valence-electron chi connectivity index (χ2n) is 6.43. The van der Waals surface area contributed by atoms with Gasteiger partial charge in [-0.1, -0.05) is 12.1 Å². The maximum atomic E-state index is 5.82. The largest absolute Gasteiger partial charge is 0.453 e. The highest BCUT2D eigenvalue weighted by molar-refractivity contribution is 7.80. The number of thiocarbonyl (C=S) groups is 1. The highest BCUT2D eigenvalue weighted by atomic mass is 32.1. The lowest BCUT2D eigenvalue weighted by molar-refractivity contribution is -0.906. The maximum Gasteiger partial charge on any atom is 0.187 e. The van der Waals surface area contributed by atoms with E-state index in [9.17, 15) is 0 Å². The molecule has 1 fully saturated rings. The molecule has 0 saturated carbocycles. The molecular formula is C19H22N5O2S2+. The molecule has 7 nitrogen and oxygen atoms in total. The predicted molar refractivity (Wildman–Crippen MR) is 115 cm³/mol. The summed E-state index contributed by atoms with van der Waals surface area (Å²) >= 11 is 6.85. The fourth-order valence-electron chi connectivity index (χ4n) is 2.97. The van der Waals surface area contributed by atoms with Crippen molar-refractivity contribution in [3.8, 4) is 10.8 Å². The molecule has 1 saturated heterocycles. The van der Waals surface area contributed by atoms with Gasteiger partial charge in [-0.3, -0.25) is 5.43 Å². The van der Waals surface area contributed by atoms with E-state index in [1.165, 1.54) is 4.90 Å². The van der Waals surface area contributed by atoms with Crippen molar-refractivity contribution in [2.75, 3.05) is 39.4 Å². The number of ether oxygens (including phenoxy) is 1. The first-order chi connectivity index (χ1) is 13.8. The summed E-state index contributed by atoms with van der Waals surface area (Å²) in [7, 11) is 0. The fourth-order valence-corrected chi connectivity index (χ4v) is 4.05. The molecule has 0 unspecified atom stereocenters. The van der Waals surface area contributed by atoms with Gasteiger partial charge in [0, 0.05) is 0 Å². The van der Waals surface area contributed by atoms with Gasteiger partial charge in [-0.05, 0) is 36.5 Å². The van der Waals surface area contributed by atoms with E-state index in [0.29, 0.717) is 10.9 Å². The first kappa shape index (κ1) is 19.0. The van der Waals surface area contributed by atoms with Crippen LogP contribution >= 0.6 is 23.6 Å². The van der Waals surface area contributed by atoms with Crippen molar-refractivity contribution in [1.29, 1.82) is 0 Å². The SMILES string of the molecule is S=C(NCC[NH+]1CCOCC1)N/N=C\c1ccc(-c2nc3ccccc3s2)o1. The van der Waals surface area contributed by atoms with Crippen LogP contribution in [0, 0.1) is 0 Å². The Hall–Kier alpha value is -2.33. The molecule has 0 radical (unpaired) electrons. The van der Waals surface area contributed by atoms with Crippen LogP contribution in [0.4, 0.5) is 0 Å². The molecule has 0 aliphatic carbocycles. The molecule has 4 rings (SSSR count). The van der Waals surface area contributed by atoms with E-state index in [4.69, 9.17) is 21.4 Å². The number of hydrazone groups is 1. The van der Waals surface area contributed by atoms with Gasteiger partial charge in [-0.25, -0.2) is 4.98 Å². The summed E-state index contributed by atoms with van der Waals surface area (Å²) in [5.41, 5.74) is 3.80. The van der Waals surface area contributed by atoms with Gasteiger partial charge >= 0.3 is 0 Å². The standard InChI is InChI=1S/C19H21N5O2S2/c27-19(20-7-8-24-9-11-25-12-10-24)23-21-13-14-5-6-16(26-14)18-22-15-3-1-2-4-17(15)28-18/h1-6,13H,7-12H2,(H2,20,23,27)/p+1/b21-13-. The lowest BCUT2D eigenvalue weighted by Gasteiger charge is -2.23. The van der Waals surface area contributed by atoms with Crippen molar-refractivity contribution in [3.05, 3.63) is 42.2 Å². The average molecular weight is 417 g/mol. The van der Waals surface area contributed by atoms with E-state index in [2.05, 4.69) is 26.9 Å². The zero-order chi connectivity index (χ0) is 19.2. The summed E-state index contributed by atoms with van der Waals surface area (Å²) in [5.74, 6) is 1.37. The smallest absolute Gasteiger partial charge is 0.187 e. The van der Waals surface area contributed by atoms with E-state index in [0.717, 1.165) is 60.4 Å². The number of rotatable bonds is 6. The summed E-state index contributed by atoms with van der Waals surface area (Å²) in [5, 5.41) is 8.67. The molecule has 2 aromatic heterocycles. The first-order valence-corrected chi connectivity index (χ1v) is 10.4. The fraction of sp³-hybridized carbons (Fsp3) is 0.316. The zero-order valence-corrected chi connectivity index (χ0v) is 16.9. The Morgan fingerprint density at radius 3 is 2.96 bits per heavy atom. The van der Waals surface area contributed by atoms with E-state index < -0.39 is 0 Å². The van der Waals surface area contributed by atoms with Crippen LogP contribution in [0.5, 0.6) is 0 Å². The minimum absolute atomic E-state index is 0.502. The Morgan fingerprint density at radius 2 is 2.11 bits per heavy atom. The normalized spacial score (nSPS) is 15.3. The Labute approximate surface area is 172 Å². The lowest BCUT2D eigenvalue weighted by atomic mass is 10.3. The molecule has 1 aliphatic rings. The van der Waals surface area contributed by atoms with Gasteiger partial charge in [0.1, 0.15) is 18.8 Å². The van der Waals surface area contributed by atoms with Crippen molar-refractivity contribution >= 4 is 45.1 Å². The minimum Gasteiger partial charge on any atom is -0.453 e. The molecule has 1 aromatic carbocycles. The number of para-hydroxylation sites is 1. The minimum atomic E-state index is 0.502. The average Bonchev–Trinajstić information content (AvgIpc) is 3.35. The van der Waals surface area contributed by atoms with Crippen LogP contribution in [0.1, 0.15) is 5.76 Å². The van der Waals surface area contributed by atoms with Crippen LogP contribution in [0.15, 0.2) is 45.9 Å². The van der Waals surface area contributed by atoms with E-state index >= 15 is 0 Å². The molecule has 0 bridgehead atoms. The van der Waals surface area contributed by atoms with Crippen molar-refractivity contribution in [2.45, 2.75) is 0 Å². The molecule has 146 valence electrons. The number of nitrogens with one attached hydrogen (secondary N) is 3. The van der Waals surface area contributed by atoms with Gasteiger partial charge in [-0.15, -0.1) is 11.3 Å². The number of nitrogens with zero attached hydrogens (tertiary/aromatic N) is 2. The first-order valence-electron chi connectivity index (χ1n) is 9.22. The van der Waals surface area contributed by atoms with Crippen LogP contribution < -0.4 is 15.6 Å². The van der Waals surface area contributed by atoms with Gasteiger partial charge in [0.15, 0.2) is 15.9 Å². The highest BCUT2D eigenvalue weighted by Gasteiger charge is 2.13. The molecule has 0 amide bonds.